The molecule has 0 heterocycles. The number of halogens is 2. The van der Waals surface area contributed by atoms with Gasteiger partial charge in [-0.1, -0.05) is 23.2 Å². The second-order valence-corrected chi connectivity index (χ2v) is 5.02. The zero-order valence-corrected chi connectivity index (χ0v) is 12.2. The fourth-order valence-electron chi connectivity index (χ4n) is 1.66. The van der Waals surface area contributed by atoms with Crippen LogP contribution in [0.2, 0.25) is 10.0 Å². The van der Waals surface area contributed by atoms with E-state index >= 15 is 0 Å². The number of nitro benzene ring substituents is 1. The van der Waals surface area contributed by atoms with E-state index in [9.17, 15) is 14.9 Å². The van der Waals surface area contributed by atoms with Gasteiger partial charge in [-0.2, -0.15) is 0 Å². The molecule has 0 saturated carbocycles. The van der Waals surface area contributed by atoms with Crippen molar-refractivity contribution in [3.05, 3.63) is 68.2 Å². The third-order valence-corrected chi connectivity index (χ3v) is 3.51. The van der Waals surface area contributed by atoms with Gasteiger partial charge < -0.3 is 5.32 Å². The van der Waals surface area contributed by atoms with E-state index in [0.717, 1.165) is 0 Å². The van der Waals surface area contributed by atoms with Crippen LogP contribution in [0.1, 0.15) is 10.4 Å². The number of ketones is 1. The molecule has 0 amide bonds. The smallest absolute Gasteiger partial charge is 0.269 e. The molecule has 0 saturated heterocycles. The van der Waals surface area contributed by atoms with Gasteiger partial charge in [0.15, 0.2) is 5.78 Å². The average Bonchev–Trinajstić information content (AvgIpc) is 2.48. The van der Waals surface area contributed by atoms with Crippen molar-refractivity contribution in [2.24, 2.45) is 0 Å². The Balaban J connectivity index is 2.01. The lowest BCUT2D eigenvalue weighted by molar-refractivity contribution is -0.384. The number of anilines is 1. The molecular weight excluding hydrogens is 315 g/mol. The number of rotatable bonds is 5. The van der Waals surface area contributed by atoms with E-state index in [-0.39, 0.29) is 18.0 Å². The minimum Gasteiger partial charge on any atom is -0.378 e. The third kappa shape index (κ3) is 3.93. The highest BCUT2D eigenvalue weighted by molar-refractivity contribution is 6.42. The summed E-state index contributed by atoms with van der Waals surface area (Å²) in [6.07, 6.45) is 0. The predicted octanol–water partition coefficient (Wildman–Crippen LogP) is 4.20. The van der Waals surface area contributed by atoms with E-state index in [1.165, 1.54) is 24.3 Å². The van der Waals surface area contributed by atoms with Gasteiger partial charge in [-0.25, -0.2) is 0 Å². The number of nitrogens with zero attached hydrogens (tertiary/aromatic N) is 1. The Morgan fingerprint density at radius 2 is 1.76 bits per heavy atom. The summed E-state index contributed by atoms with van der Waals surface area (Å²) in [6.45, 7) is 0.0514. The van der Waals surface area contributed by atoms with E-state index in [4.69, 9.17) is 23.2 Å². The van der Waals surface area contributed by atoms with Crippen LogP contribution in [0.5, 0.6) is 0 Å². The highest BCUT2D eigenvalue weighted by Gasteiger charge is 2.09. The van der Waals surface area contributed by atoms with Crippen LogP contribution in [-0.2, 0) is 0 Å². The van der Waals surface area contributed by atoms with Crippen LogP contribution in [0.15, 0.2) is 42.5 Å². The molecule has 5 nitrogen and oxygen atoms in total. The first kappa shape index (κ1) is 15.3. The van der Waals surface area contributed by atoms with Gasteiger partial charge in [0, 0.05) is 23.4 Å². The number of carbonyl (C=O) groups excluding carboxylic acids is 1. The van der Waals surface area contributed by atoms with Crippen LogP contribution < -0.4 is 5.32 Å². The molecule has 0 fully saturated rings. The summed E-state index contributed by atoms with van der Waals surface area (Å²) >= 11 is 11.7. The number of hydrogen-bond acceptors (Lipinski definition) is 4. The first-order valence-corrected chi connectivity index (χ1v) is 6.69. The lowest BCUT2D eigenvalue weighted by Crippen LogP contribution is -2.13. The van der Waals surface area contributed by atoms with Crippen LogP contribution >= 0.6 is 23.2 Å². The molecule has 0 atom stereocenters. The summed E-state index contributed by atoms with van der Waals surface area (Å²) in [4.78, 5) is 22.0. The van der Waals surface area contributed by atoms with Crippen LogP contribution in [-0.4, -0.2) is 17.3 Å². The largest absolute Gasteiger partial charge is 0.378 e. The number of carbonyl (C=O) groups is 1. The van der Waals surface area contributed by atoms with Crippen LogP contribution in [0.3, 0.4) is 0 Å². The highest BCUT2D eigenvalue weighted by Crippen LogP contribution is 2.25. The molecule has 21 heavy (non-hydrogen) atoms. The Bertz CT molecular complexity index is 687. The van der Waals surface area contributed by atoms with Gasteiger partial charge in [-0.3, -0.25) is 14.9 Å². The highest BCUT2D eigenvalue weighted by atomic mass is 35.5. The topological polar surface area (TPSA) is 72.2 Å². The molecule has 2 rings (SSSR count). The van der Waals surface area contributed by atoms with Crippen LogP contribution in [0.4, 0.5) is 11.4 Å². The van der Waals surface area contributed by atoms with Gasteiger partial charge in [-0.05, 0) is 30.3 Å². The molecule has 0 bridgehead atoms. The summed E-state index contributed by atoms with van der Waals surface area (Å²) in [7, 11) is 0. The molecule has 2 aromatic rings. The lowest BCUT2D eigenvalue weighted by Gasteiger charge is -2.07. The molecule has 0 radical (unpaired) electrons. The standard InChI is InChI=1S/C14H10Cl2N2O3/c15-12-6-3-10(7-13(12)16)17-8-14(19)9-1-4-11(5-2-9)18(20)21/h1-7,17H,8H2. The maximum atomic E-state index is 12.0. The number of benzene rings is 2. The molecule has 0 spiro atoms. The van der Waals surface area contributed by atoms with E-state index < -0.39 is 4.92 Å². The maximum Gasteiger partial charge on any atom is 0.269 e. The van der Waals surface area contributed by atoms with E-state index in [1.54, 1.807) is 18.2 Å². The molecule has 1 N–H and O–H groups in total. The Labute approximate surface area is 130 Å². The molecule has 2 aromatic carbocycles. The van der Waals surface area contributed by atoms with Gasteiger partial charge in [-0.15, -0.1) is 0 Å². The summed E-state index contributed by atoms with van der Waals surface area (Å²) in [6, 6.07) is 10.4. The third-order valence-electron chi connectivity index (χ3n) is 2.77. The lowest BCUT2D eigenvalue weighted by atomic mass is 10.1. The second kappa shape index (κ2) is 6.56. The van der Waals surface area contributed by atoms with Gasteiger partial charge in [0.25, 0.3) is 5.69 Å². The van der Waals surface area contributed by atoms with Crippen molar-refractivity contribution in [1.82, 2.24) is 0 Å². The van der Waals surface area contributed by atoms with Crippen molar-refractivity contribution in [3.63, 3.8) is 0 Å². The molecule has 0 aliphatic rings. The maximum absolute atomic E-state index is 12.0. The van der Waals surface area contributed by atoms with E-state index in [0.29, 0.717) is 21.3 Å². The zero-order chi connectivity index (χ0) is 15.4. The fourth-order valence-corrected chi connectivity index (χ4v) is 1.96. The van der Waals surface area contributed by atoms with Crippen molar-refractivity contribution in [3.8, 4) is 0 Å². The number of Topliss-reactive ketones (excluding diaryl/α,β-unsaturated/α-hetero) is 1. The van der Waals surface area contributed by atoms with Gasteiger partial charge in [0.05, 0.1) is 21.5 Å². The number of non-ortho nitro benzene ring substituents is 1. The Morgan fingerprint density at radius 3 is 2.33 bits per heavy atom. The fraction of sp³-hybridized carbons (Fsp3) is 0.0714. The van der Waals surface area contributed by atoms with Crippen molar-refractivity contribution < 1.29 is 9.72 Å². The minimum absolute atomic E-state index is 0.0514. The first-order chi connectivity index (χ1) is 9.97. The molecule has 0 aliphatic heterocycles. The summed E-state index contributed by atoms with van der Waals surface area (Å²) in [5.41, 5.74) is 1.01. The molecule has 108 valence electrons. The molecular formula is C14H10Cl2N2O3. The summed E-state index contributed by atoms with van der Waals surface area (Å²) < 4.78 is 0. The zero-order valence-electron chi connectivity index (χ0n) is 10.7. The monoisotopic (exact) mass is 324 g/mol. The number of nitro groups is 1. The molecule has 0 aromatic heterocycles. The van der Waals surface area contributed by atoms with E-state index in [1.807, 2.05) is 0 Å². The quantitative estimate of drug-likeness (QED) is 0.508. The average molecular weight is 325 g/mol. The molecule has 0 unspecified atom stereocenters. The number of nitrogens with one attached hydrogen (secondary N) is 1. The second-order valence-electron chi connectivity index (χ2n) is 4.21. The van der Waals surface area contributed by atoms with Crippen LogP contribution in [0.25, 0.3) is 0 Å². The van der Waals surface area contributed by atoms with Gasteiger partial charge in [0.2, 0.25) is 0 Å². The van der Waals surface area contributed by atoms with Crippen molar-refractivity contribution >= 4 is 40.4 Å². The van der Waals surface area contributed by atoms with Gasteiger partial charge in [0.1, 0.15) is 0 Å². The van der Waals surface area contributed by atoms with Crippen molar-refractivity contribution in [2.45, 2.75) is 0 Å². The molecule has 7 heteroatoms. The summed E-state index contributed by atoms with van der Waals surface area (Å²) in [5.74, 6) is -0.184. The molecule has 0 aliphatic carbocycles. The summed E-state index contributed by atoms with van der Waals surface area (Å²) in [5, 5.41) is 14.3. The van der Waals surface area contributed by atoms with Crippen LogP contribution in [0, 0.1) is 10.1 Å². The predicted molar refractivity (Wildman–Crippen MR) is 82.4 cm³/mol. The Kier molecular flexibility index (Phi) is 4.77. The van der Waals surface area contributed by atoms with Crippen molar-refractivity contribution in [2.75, 3.05) is 11.9 Å². The first-order valence-electron chi connectivity index (χ1n) is 5.94. The number of hydrogen-bond donors (Lipinski definition) is 1. The Hall–Kier alpha value is -2.11. The normalized spacial score (nSPS) is 10.2. The SMILES string of the molecule is O=C(CNc1ccc(Cl)c(Cl)c1)c1ccc([N+](=O)[O-])cc1. The van der Waals surface area contributed by atoms with E-state index in [2.05, 4.69) is 5.32 Å². The van der Waals surface area contributed by atoms with Gasteiger partial charge >= 0.3 is 0 Å². The Morgan fingerprint density at radius 1 is 1.10 bits per heavy atom. The minimum atomic E-state index is -0.512. The van der Waals surface area contributed by atoms with Crippen molar-refractivity contribution in [1.29, 1.82) is 0 Å².